The van der Waals surface area contributed by atoms with E-state index >= 15 is 0 Å². The van der Waals surface area contributed by atoms with E-state index in [-0.39, 0.29) is 0 Å². The summed E-state index contributed by atoms with van der Waals surface area (Å²) in [7, 11) is 0. The van der Waals surface area contributed by atoms with Crippen molar-refractivity contribution in [3.05, 3.63) is 52.2 Å². The first kappa shape index (κ1) is 14.7. The number of hydrogen-bond acceptors (Lipinski definition) is 3. The summed E-state index contributed by atoms with van der Waals surface area (Å²) in [6, 6.07) is 12.2. The zero-order valence-corrected chi connectivity index (χ0v) is 13.1. The molecule has 0 amide bonds. The van der Waals surface area contributed by atoms with Crippen LogP contribution in [0.1, 0.15) is 30.2 Å². The largest absolute Gasteiger partial charge is 0.331 e. The first-order valence-corrected chi connectivity index (χ1v) is 7.67. The fourth-order valence-corrected chi connectivity index (χ4v) is 2.39. The van der Waals surface area contributed by atoms with Crippen molar-refractivity contribution >= 4 is 40.6 Å². The third kappa shape index (κ3) is 4.43. The van der Waals surface area contributed by atoms with Gasteiger partial charge in [0.25, 0.3) is 0 Å². The standard InChI is InChI=1S/C15H17N3S2/c1-11(2)12-5-7-13(8-6-12)17-15(19)18-16-10-14-4-3-9-20-14/h3-11H,1-2H3,(H2,17,18,19)/b16-10+. The summed E-state index contributed by atoms with van der Waals surface area (Å²) >= 11 is 6.81. The first-order valence-electron chi connectivity index (χ1n) is 6.38. The molecule has 0 saturated carbocycles. The fourth-order valence-electron chi connectivity index (χ4n) is 1.63. The Kier molecular flexibility index (Phi) is 5.26. The Morgan fingerprint density at radius 2 is 2.00 bits per heavy atom. The Hall–Kier alpha value is -1.72. The van der Waals surface area contributed by atoms with Crippen LogP contribution in [0.4, 0.5) is 5.69 Å². The van der Waals surface area contributed by atoms with E-state index < -0.39 is 0 Å². The molecule has 0 aliphatic heterocycles. The van der Waals surface area contributed by atoms with Gasteiger partial charge in [0.15, 0.2) is 5.11 Å². The molecule has 0 radical (unpaired) electrons. The summed E-state index contributed by atoms with van der Waals surface area (Å²) < 4.78 is 0. The number of thiophene rings is 1. The van der Waals surface area contributed by atoms with Crippen molar-refractivity contribution < 1.29 is 0 Å². The number of nitrogens with one attached hydrogen (secondary N) is 2. The van der Waals surface area contributed by atoms with Crippen LogP contribution in [0, 0.1) is 0 Å². The predicted octanol–water partition coefficient (Wildman–Crippen LogP) is 4.19. The topological polar surface area (TPSA) is 36.4 Å². The van der Waals surface area contributed by atoms with Crippen LogP contribution in [-0.4, -0.2) is 11.3 Å². The third-order valence-electron chi connectivity index (χ3n) is 2.74. The van der Waals surface area contributed by atoms with Gasteiger partial charge in [0.2, 0.25) is 0 Å². The molecular weight excluding hydrogens is 286 g/mol. The van der Waals surface area contributed by atoms with Crippen LogP contribution in [0.3, 0.4) is 0 Å². The SMILES string of the molecule is CC(C)c1ccc(NC(=S)N/N=C/c2cccs2)cc1. The molecule has 20 heavy (non-hydrogen) atoms. The van der Waals surface area contributed by atoms with Crippen molar-refractivity contribution in [3.63, 3.8) is 0 Å². The van der Waals surface area contributed by atoms with Gasteiger partial charge in [-0.15, -0.1) is 11.3 Å². The average molecular weight is 303 g/mol. The first-order chi connectivity index (χ1) is 9.65. The quantitative estimate of drug-likeness (QED) is 0.505. The van der Waals surface area contributed by atoms with E-state index in [2.05, 4.69) is 41.8 Å². The Balaban J connectivity index is 1.85. The molecule has 0 atom stereocenters. The number of rotatable bonds is 4. The van der Waals surface area contributed by atoms with Crippen LogP contribution < -0.4 is 10.7 Å². The van der Waals surface area contributed by atoms with Crippen molar-refractivity contribution in [2.45, 2.75) is 19.8 Å². The summed E-state index contributed by atoms with van der Waals surface area (Å²) in [5.41, 5.74) is 5.07. The number of hydrazone groups is 1. The van der Waals surface area contributed by atoms with Crippen molar-refractivity contribution in [2.75, 3.05) is 5.32 Å². The van der Waals surface area contributed by atoms with E-state index in [1.54, 1.807) is 17.6 Å². The van der Waals surface area contributed by atoms with E-state index in [0.717, 1.165) is 10.6 Å². The van der Waals surface area contributed by atoms with Crippen LogP contribution in [0.5, 0.6) is 0 Å². The van der Waals surface area contributed by atoms with Gasteiger partial charge in [-0.1, -0.05) is 32.0 Å². The van der Waals surface area contributed by atoms with Crippen molar-refractivity contribution in [1.29, 1.82) is 0 Å². The average Bonchev–Trinajstić information content (AvgIpc) is 2.92. The van der Waals surface area contributed by atoms with Gasteiger partial charge in [-0.05, 0) is 47.3 Å². The van der Waals surface area contributed by atoms with Gasteiger partial charge >= 0.3 is 0 Å². The van der Waals surface area contributed by atoms with Crippen molar-refractivity contribution in [1.82, 2.24) is 5.43 Å². The molecule has 104 valence electrons. The molecule has 0 fully saturated rings. The smallest absolute Gasteiger partial charge is 0.191 e. The van der Waals surface area contributed by atoms with Crippen LogP contribution in [0.25, 0.3) is 0 Å². The number of benzene rings is 1. The molecule has 0 aliphatic rings. The van der Waals surface area contributed by atoms with Gasteiger partial charge in [-0.2, -0.15) is 5.10 Å². The second-order valence-electron chi connectivity index (χ2n) is 4.62. The van der Waals surface area contributed by atoms with Crippen LogP contribution >= 0.6 is 23.6 Å². The summed E-state index contributed by atoms with van der Waals surface area (Å²) in [5, 5.41) is 9.68. The van der Waals surface area contributed by atoms with Gasteiger partial charge in [0.1, 0.15) is 0 Å². The molecular formula is C15H17N3S2. The maximum Gasteiger partial charge on any atom is 0.191 e. The molecule has 2 aromatic rings. The lowest BCUT2D eigenvalue weighted by Crippen LogP contribution is -2.23. The van der Waals surface area contributed by atoms with Gasteiger partial charge < -0.3 is 5.32 Å². The molecule has 3 nitrogen and oxygen atoms in total. The molecule has 1 aromatic carbocycles. The molecule has 0 spiro atoms. The van der Waals surface area contributed by atoms with Gasteiger partial charge in [0, 0.05) is 10.6 Å². The predicted molar refractivity (Wildman–Crippen MR) is 91.8 cm³/mol. The molecule has 1 aromatic heterocycles. The summed E-state index contributed by atoms with van der Waals surface area (Å²) in [6.45, 7) is 4.35. The zero-order chi connectivity index (χ0) is 14.4. The Morgan fingerprint density at radius 1 is 1.25 bits per heavy atom. The zero-order valence-electron chi connectivity index (χ0n) is 11.5. The third-order valence-corrected chi connectivity index (χ3v) is 3.74. The maximum atomic E-state index is 5.18. The lowest BCUT2D eigenvalue weighted by molar-refractivity contribution is 0.867. The summed E-state index contributed by atoms with van der Waals surface area (Å²) in [5.74, 6) is 0.532. The minimum Gasteiger partial charge on any atom is -0.331 e. The van der Waals surface area contributed by atoms with Crippen molar-refractivity contribution in [2.24, 2.45) is 5.10 Å². The number of thiocarbonyl (C=S) groups is 1. The maximum absolute atomic E-state index is 5.18. The highest BCUT2D eigenvalue weighted by molar-refractivity contribution is 7.80. The van der Waals surface area contributed by atoms with Crippen LogP contribution in [0.2, 0.25) is 0 Å². The minimum atomic E-state index is 0.482. The summed E-state index contributed by atoms with van der Waals surface area (Å²) in [4.78, 5) is 1.08. The molecule has 5 heteroatoms. The highest BCUT2D eigenvalue weighted by atomic mass is 32.1. The molecule has 1 heterocycles. The number of anilines is 1. The molecule has 0 unspecified atom stereocenters. The Labute approximate surface area is 128 Å². The van der Waals surface area contributed by atoms with Crippen LogP contribution in [-0.2, 0) is 0 Å². The van der Waals surface area contributed by atoms with E-state index in [9.17, 15) is 0 Å². The van der Waals surface area contributed by atoms with E-state index in [4.69, 9.17) is 12.2 Å². The lowest BCUT2D eigenvalue weighted by Gasteiger charge is -2.09. The normalized spacial score (nSPS) is 10.9. The van der Waals surface area contributed by atoms with E-state index in [1.165, 1.54) is 5.56 Å². The molecule has 0 bridgehead atoms. The van der Waals surface area contributed by atoms with Gasteiger partial charge in [-0.3, -0.25) is 5.43 Å². The highest BCUT2D eigenvalue weighted by Gasteiger charge is 2.00. The molecule has 2 rings (SSSR count). The molecule has 0 aliphatic carbocycles. The number of nitrogens with zero attached hydrogens (tertiary/aromatic N) is 1. The van der Waals surface area contributed by atoms with E-state index in [0.29, 0.717) is 11.0 Å². The summed E-state index contributed by atoms with van der Waals surface area (Å²) in [6.07, 6.45) is 1.75. The monoisotopic (exact) mass is 303 g/mol. The van der Waals surface area contributed by atoms with Crippen LogP contribution in [0.15, 0.2) is 46.9 Å². The Bertz CT molecular complexity index is 572. The highest BCUT2D eigenvalue weighted by Crippen LogP contribution is 2.16. The van der Waals surface area contributed by atoms with Gasteiger partial charge in [-0.25, -0.2) is 0 Å². The molecule has 2 N–H and O–H groups in total. The lowest BCUT2D eigenvalue weighted by atomic mass is 10.0. The van der Waals surface area contributed by atoms with Crippen molar-refractivity contribution in [3.8, 4) is 0 Å². The Morgan fingerprint density at radius 3 is 2.60 bits per heavy atom. The van der Waals surface area contributed by atoms with Gasteiger partial charge in [0.05, 0.1) is 6.21 Å². The second kappa shape index (κ2) is 7.17. The minimum absolute atomic E-state index is 0.482. The second-order valence-corrected chi connectivity index (χ2v) is 6.00. The van der Waals surface area contributed by atoms with E-state index in [1.807, 2.05) is 29.6 Å². The molecule has 0 saturated heterocycles. The fraction of sp³-hybridized carbons (Fsp3) is 0.200. The number of hydrogen-bond donors (Lipinski definition) is 2.